The van der Waals surface area contributed by atoms with E-state index in [4.69, 9.17) is 0 Å². The number of nitrogens with zero attached hydrogens (tertiary/aromatic N) is 1. The minimum atomic E-state index is 0. The van der Waals surface area contributed by atoms with Crippen molar-refractivity contribution in [3.8, 4) is 0 Å². The van der Waals surface area contributed by atoms with Gasteiger partial charge in [0.15, 0.2) is 0 Å². The summed E-state index contributed by atoms with van der Waals surface area (Å²) in [6, 6.07) is 0.507. The Morgan fingerprint density at radius 2 is 2.25 bits per heavy atom. The molecule has 0 aromatic carbocycles. The first-order valence-electron chi connectivity index (χ1n) is 6.23. The van der Waals surface area contributed by atoms with Gasteiger partial charge in [-0.15, -0.1) is 12.4 Å². The van der Waals surface area contributed by atoms with Gasteiger partial charge in [0, 0.05) is 19.1 Å². The zero-order chi connectivity index (χ0) is 10.8. The van der Waals surface area contributed by atoms with E-state index in [1.807, 2.05) is 0 Å². The molecule has 0 radical (unpaired) electrons. The van der Waals surface area contributed by atoms with Gasteiger partial charge in [0.05, 0.1) is 5.92 Å². The second-order valence-corrected chi connectivity index (χ2v) is 5.08. The van der Waals surface area contributed by atoms with Crippen LogP contribution in [0.5, 0.6) is 0 Å². The molecule has 1 amide bonds. The molecule has 2 fully saturated rings. The average Bonchev–Trinajstić information content (AvgIpc) is 2.84. The van der Waals surface area contributed by atoms with E-state index in [0.29, 0.717) is 17.9 Å². The quantitative estimate of drug-likeness (QED) is 0.804. The fraction of sp³-hybridized carbons (Fsp3) is 0.917. The topological polar surface area (TPSA) is 32.3 Å². The smallest absolute Gasteiger partial charge is 0.227 e. The summed E-state index contributed by atoms with van der Waals surface area (Å²) in [5.74, 6) is 1.34. The van der Waals surface area contributed by atoms with Crippen LogP contribution in [0, 0.1) is 11.8 Å². The number of likely N-dealkylation sites (tertiary alicyclic amines) is 1. The molecule has 3 atom stereocenters. The van der Waals surface area contributed by atoms with Crippen LogP contribution in [0.2, 0.25) is 0 Å². The molecule has 0 saturated carbocycles. The number of rotatable bonds is 2. The zero-order valence-corrected chi connectivity index (χ0v) is 11.1. The van der Waals surface area contributed by atoms with Crippen molar-refractivity contribution in [1.82, 2.24) is 10.2 Å². The van der Waals surface area contributed by atoms with Crippen LogP contribution in [-0.2, 0) is 4.79 Å². The number of nitrogens with one attached hydrogen (secondary N) is 1. The highest BCUT2D eigenvalue weighted by atomic mass is 35.5. The third kappa shape index (κ3) is 2.69. The molecule has 16 heavy (non-hydrogen) atoms. The Morgan fingerprint density at radius 3 is 2.81 bits per heavy atom. The summed E-state index contributed by atoms with van der Waals surface area (Å²) >= 11 is 0. The Kier molecular flexibility index (Phi) is 5.06. The fourth-order valence-corrected chi connectivity index (χ4v) is 2.91. The lowest BCUT2D eigenvalue weighted by Gasteiger charge is -2.26. The molecule has 2 aliphatic heterocycles. The molecule has 3 nitrogen and oxygen atoms in total. The Balaban J connectivity index is 0.00000128. The van der Waals surface area contributed by atoms with E-state index in [1.165, 1.54) is 6.42 Å². The van der Waals surface area contributed by atoms with Crippen molar-refractivity contribution in [1.29, 1.82) is 0 Å². The van der Waals surface area contributed by atoms with Crippen LogP contribution in [0.15, 0.2) is 0 Å². The molecule has 0 aliphatic carbocycles. The second kappa shape index (κ2) is 5.87. The van der Waals surface area contributed by atoms with Gasteiger partial charge in [-0.25, -0.2) is 0 Å². The van der Waals surface area contributed by atoms with Crippen LogP contribution in [0.3, 0.4) is 0 Å². The standard InChI is InChI=1S/C12H22N2O.ClH/c1-3-11-6-9(2)8-14(11)12(15)10-4-5-13-7-10;/h9-11,13H,3-8H2,1-2H3;1H/t9?,10-,11?;/m1./s1. The number of halogens is 1. The molecule has 2 aliphatic rings. The van der Waals surface area contributed by atoms with E-state index in [0.717, 1.165) is 32.5 Å². The molecule has 1 N–H and O–H groups in total. The molecule has 2 rings (SSSR count). The Hall–Kier alpha value is -0.280. The van der Waals surface area contributed by atoms with Crippen LogP contribution in [0.4, 0.5) is 0 Å². The number of carbonyl (C=O) groups excluding carboxylic acids is 1. The van der Waals surface area contributed by atoms with Gasteiger partial charge in [-0.3, -0.25) is 4.79 Å². The lowest BCUT2D eigenvalue weighted by atomic mass is 10.1. The van der Waals surface area contributed by atoms with Crippen molar-refractivity contribution in [2.24, 2.45) is 11.8 Å². The zero-order valence-electron chi connectivity index (χ0n) is 10.2. The van der Waals surface area contributed by atoms with Gasteiger partial charge in [-0.05, 0) is 31.7 Å². The van der Waals surface area contributed by atoms with Crippen molar-refractivity contribution in [2.45, 2.75) is 39.2 Å². The first kappa shape index (κ1) is 13.8. The van der Waals surface area contributed by atoms with E-state index in [-0.39, 0.29) is 18.3 Å². The monoisotopic (exact) mass is 246 g/mol. The summed E-state index contributed by atoms with van der Waals surface area (Å²) in [6.07, 6.45) is 3.33. The van der Waals surface area contributed by atoms with Crippen LogP contribution < -0.4 is 5.32 Å². The minimum Gasteiger partial charge on any atom is -0.339 e. The number of amides is 1. The summed E-state index contributed by atoms with van der Waals surface area (Å²) < 4.78 is 0. The van der Waals surface area contributed by atoms with E-state index >= 15 is 0 Å². The molecule has 4 heteroatoms. The Bertz CT molecular complexity index is 241. The van der Waals surface area contributed by atoms with Gasteiger partial charge in [-0.2, -0.15) is 0 Å². The predicted molar refractivity (Wildman–Crippen MR) is 67.8 cm³/mol. The highest BCUT2D eigenvalue weighted by molar-refractivity contribution is 5.85. The van der Waals surface area contributed by atoms with Crippen molar-refractivity contribution in [2.75, 3.05) is 19.6 Å². The summed E-state index contributed by atoms with van der Waals surface area (Å²) in [5, 5.41) is 3.27. The summed E-state index contributed by atoms with van der Waals surface area (Å²) in [4.78, 5) is 14.4. The molecular weight excluding hydrogens is 224 g/mol. The van der Waals surface area contributed by atoms with Crippen LogP contribution >= 0.6 is 12.4 Å². The molecule has 94 valence electrons. The van der Waals surface area contributed by atoms with Gasteiger partial charge >= 0.3 is 0 Å². The van der Waals surface area contributed by atoms with Crippen LogP contribution in [-0.4, -0.2) is 36.5 Å². The van der Waals surface area contributed by atoms with Crippen molar-refractivity contribution in [3.63, 3.8) is 0 Å². The Morgan fingerprint density at radius 1 is 1.50 bits per heavy atom. The number of carbonyl (C=O) groups is 1. The third-order valence-electron chi connectivity index (χ3n) is 3.79. The summed E-state index contributed by atoms with van der Waals surface area (Å²) in [6.45, 7) is 7.32. The first-order chi connectivity index (χ1) is 7.22. The molecule has 2 saturated heterocycles. The van der Waals surface area contributed by atoms with Gasteiger partial charge < -0.3 is 10.2 Å². The van der Waals surface area contributed by atoms with Crippen LogP contribution in [0.1, 0.15) is 33.1 Å². The largest absolute Gasteiger partial charge is 0.339 e. The fourth-order valence-electron chi connectivity index (χ4n) is 2.91. The van der Waals surface area contributed by atoms with Crippen LogP contribution in [0.25, 0.3) is 0 Å². The molecule has 2 unspecified atom stereocenters. The lowest BCUT2D eigenvalue weighted by Crippen LogP contribution is -2.40. The van der Waals surface area contributed by atoms with Gasteiger partial charge in [0.2, 0.25) is 5.91 Å². The third-order valence-corrected chi connectivity index (χ3v) is 3.79. The minimum absolute atomic E-state index is 0. The first-order valence-corrected chi connectivity index (χ1v) is 6.23. The highest BCUT2D eigenvalue weighted by Gasteiger charge is 2.35. The van der Waals surface area contributed by atoms with Gasteiger partial charge in [0.1, 0.15) is 0 Å². The summed E-state index contributed by atoms with van der Waals surface area (Å²) in [7, 11) is 0. The molecule has 2 heterocycles. The van der Waals surface area contributed by atoms with E-state index in [1.54, 1.807) is 0 Å². The predicted octanol–water partition coefficient (Wildman–Crippen LogP) is 1.66. The van der Waals surface area contributed by atoms with E-state index in [2.05, 4.69) is 24.1 Å². The molecule has 0 spiro atoms. The van der Waals surface area contributed by atoms with Crippen molar-refractivity contribution < 1.29 is 4.79 Å². The summed E-state index contributed by atoms with van der Waals surface area (Å²) in [5.41, 5.74) is 0. The van der Waals surface area contributed by atoms with Crippen molar-refractivity contribution in [3.05, 3.63) is 0 Å². The number of hydrogen-bond donors (Lipinski definition) is 1. The normalized spacial score (nSPS) is 33.9. The molecular formula is C12H23ClN2O. The van der Waals surface area contributed by atoms with E-state index < -0.39 is 0 Å². The highest BCUT2D eigenvalue weighted by Crippen LogP contribution is 2.27. The van der Waals surface area contributed by atoms with Gasteiger partial charge in [-0.1, -0.05) is 13.8 Å². The maximum atomic E-state index is 12.2. The van der Waals surface area contributed by atoms with E-state index in [9.17, 15) is 4.79 Å². The number of hydrogen-bond acceptors (Lipinski definition) is 2. The SMILES string of the molecule is CCC1CC(C)CN1C(=O)[C@@H]1CCNC1.Cl. The average molecular weight is 247 g/mol. The molecule has 0 aromatic heterocycles. The Labute approximate surface area is 104 Å². The molecule has 0 bridgehead atoms. The lowest BCUT2D eigenvalue weighted by molar-refractivity contribution is -0.135. The van der Waals surface area contributed by atoms with Crippen molar-refractivity contribution >= 4 is 18.3 Å². The maximum Gasteiger partial charge on any atom is 0.227 e. The second-order valence-electron chi connectivity index (χ2n) is 5.08. The molecule has 0 aromatic rings. The van der Waals surface area contributed by atoms with Gasteiger partial charge in [0.25, 0.3) is 0 Å². The maximum absolute atomic E-state index is 12.2.